The number of benzene rings is 2. The molecule has 0 aliphatic carbocycles. The molecule has 0 aliphatic rings. The van der Waals surface area contributed by atoms with E-state index in [-0.39, 0.29) is 0 Å². The minimum absolute atomic E-state index is 0.343. The third kappa shape index (κ3) is 26.6. The van der Waals surface area contributed by atoms with E-state index in [2.05, 4.69) is 103 Å². The van der Waals surface area contributed by atoms with Gasteiger partial charge >= 0.3 is 0 Å². The summed E-state index contributed by atoms with van der Waals surface area (Å²) in [6.07, 6.45) is 12.6. The van der Waals surface area contributed by atoms with Gasteiger partial charge in [0.1, 0.15) is 5.75 Å². The lowest BCUT2D eigenvalue weighted by atomic mass is 9.83. The van der Waals surface area contributed by atoms with Gasteiger partial charge in [-0.2, -0.15) is 0 Å². The van der Waals surface area contributed by atoms with Crippen LogP contribution in [0.1, 0.15) is 125 Å². The van der Waals surface area contributed by atoms with Gasteiger partial charge in [-0.05, 0) is 116 Å². The van der Waals surface area contributed by atoms with Gasteiger partial charge in [0.25, 0.3) is 0 Å². The second kappa shape index (κ2) is 30.2. The first-order valence-electron chi connectivity index (χ1n) is 17.7. The Bertz CT molecular complexity index is 1200. The number of pyridine rings is 1. The Labute approximate surface area is 292 Å². The van der Waals surface area contributed by atoms with Gasteiger partial charge in [-0.25, -0.2) is 0 Å². The maximum Gasteiger partial charge on any atom is 0.121 e. The number of aromatic hydroxyl groups is 1. The summed E-state index contributed by atoms with van der Waals surface area (Å²) in [5.74, 6) is 1.92. The van der Waals surface area contributed by atoms with Crippen LogP contribution < -0.4 is 5.32 Å². The molecule has 0 aliphatic heterocycles. The average molecular weight is 647 g/mol. The molecule has 0 saturated heterocycles. The van der Waals surface area contributed by atoms with Crippen LogP contribution in [-0.4, -0.2) is 22.2 Å². The third-order valence-electron chi connectivity index (χ3n) is 7.36. The van der Waals surface area contributed by atoms with E-state index in [1.165, 1.54) is 48.4 Å². The van der Waals surface area contributed by atoms with Gasteiger partial charge in [0.15, 0.2) is 0 Å². The summed E-state index contributed by atoms with van der Waals surface area (Å²) in [6, 6.07) is 16.4. The van der Waals surface area contributed by atoms with Crippen LogP contribution in [0.25, 0.3) is 10.8 Å². The number of hydrogen-bond donors (Lipinski definition) is 2. The number of aryl methyl sites for hydroxylation is 2. The van der Waals surface area contributed by atoms with E-state index >= 15 is 0 Å². The standard InChI is InChI=1S/C16H26O.C10H9N.C8H19N.C4H8.2C3H6/c1-5-8-14(6-2)13(4)11-15-10-7-9-12(3)16(15)17;1-8-6-9-4-2-3-5-10(9)7-11-8;1-5-7-9-8(3,4)6-2;1-4(2)3;2*1-3-2/h7,9-10,13-14,17H,5-6,8,11H2,1-4H3;2-7H,1H3;9H,5-7H2,1-4H3;1H2,2-3H3;2*3H,1H2,2H3. The Morgan fingerprint density at radius 1 is 0.915 bits per heavy atom. The number of aromatic nitrogens is 1. The van der Waals surface area contributed by atoms with E-state index in [1.807, 2.05) is 72.0 Å². The lowest BCUT2D eigenvalue weighted by molar-refractivity contribution is 0.318. The molecule has 3 heteroatoms. The fourth-order valence-electron chi connectivity index (χ4n) is 4.44. The number of phenols is 1. The number of nitrogens with one attached hydrogen (secondary N) is 1. The number of allylic oxidation sites excluding steroid dienone is 3. The molecule has 0 spiro atoms. The van der Waals surface area contributed by atoms with E-state index in [1.54, 1.807) is 12.2 Å². The van der Waals surface area contributed by atoms with Crippen LogP contribution in [0.15, 0.2) is 92.2 Å². The van der Waals surface area contributed by atoms with Crippen molar-refractivity contribution in [2.75, 3.05) is 6.54 Å². The van der Waals surface area contributed by atoms with E-state index in [0.717, 1.165) is 35.7 Å². The van der Waals surface area contributed by atoms with Gasteiger partial charge in [-0.15, -0.1) is 19.7 Å². The zero-order valence-corrected chi connectivity index (χ0v) is 33.0. The molecule has 1 heterocycles. The van der Waals surface area contributed by atoms with E-state index < -0.39 is 0 Å². The third-order valence-corrected chi connectivity index (χ3v) is 7.36. The van der Waals surface area contributed by atoms with Gasteiger partial charge in [0.2, 0.25) is 0 Å². The second-order valence-electron chi connectivity index (χ2n) is 13.1. The highest BCUT2D eigenvalue weighted by Gasteiger charge is 2.17. The van der Waals surface area contributed by atoms with Crippen molar-refractivity contribution in [3.8, 4) is 5.75 Å². The lowest BCUT2D eigenvalue weighted by Crippen LogP contribution is -2.38. The van der Waals surface area contributed by atoms with Gasteiger partial charge in [-0.1, -0.05) is 114 Å². The van der Waals surface area contributed by atoms with Gasteiger partial charge in [0.05, 0.1) is 0 Å². The fraction of sp³-hybridized carbons (Fsp3) is 0.523. The summed E-state index contributed by atoms with van der Waals surface area (Å²) < 4.78 is 0. The maximum atomic E-state index is 10.0. The normalized spacial score (nSPS) is 11.1. The van der Waals surface area contributed by atoms with Gasteiger partial charge in [0, 0.05) is 22.8 Å². The Hall–Kier alpha value is -3.17. The van der Waals surface area contributed by atoms with Crippen LogP contribution in [0.2, 0.25) is 0 Å². The number of rotatable bonds is 10. The van der Waals surface area contributed by atoms with Crippen molar-refractivity contribution in [3.05, 3.63) is 109 Å². The van der Waals surface area contributed by atoms with Crippen molar-refractivity contribution >= 4 is 10.8 Å². The molecule has 3 rings (SSSR count). The minimum Gasteiger partial charge on any atom is -0.507 e. The van der Waals surface area contributed by atoms with Crippen LogP contribution in [-0.2, 0) is 6.42 Å². The first-order valence-corrected chi connectivity index (χ1v) is 17.7. The zero-order valence-electron chi connectivity index (χ0n) is 33.0. The van der Waals surface area contributed by atoms with Crippen LogP contribution in [0, 0.1) is 25.7 Å². The number of para-hydroxylation sites is 1. The summed E-state index contributed by atoms with van der Waals surface area (Å²) >= 11 is 0. The molecule has 3 aromatic rings. The Balaban J connectivity index is -0.000000559. The summed E-state index contributed by atoms with van der Waals surface area (Å²) in [7, 11) is 0. The van der Waals surface area contributed by atoms with Crippen molar-refractivity contribution in [1.29, 1.82) is 0 Å². The topological polar surface area (TPSA) is 45.1 Å². The quantitative estimate of drug-likeness (QED) is 0.215. The van der Waals surface area contributed by atoms with Gasteiger partial charge < -0.3 is 10.4 Å². The van der Waals surface area contributed by atoms with Crippen LogP contribution in [0.3, 0.4) is 0 Å². The molecule has 0 saturated carbocycles. The highest BCUT2D eigenvalue weighted by molar-refractivity contribution is 5.81. The fourth-order valence-corrected chi connectivity index (χ4v) is 4.44. The molecule has 0 amide bonds. The van der Waals surface area contributed by atoms with Crippen molar-refractivity contribution in [2.24, 2.45) is 11.8 Å². The molecule has 0 bridgehead atoms. The second-order valence-corrected chi connectivity index (χ2v) is 13.1. The molecular weight excluding hydrogens is 572 g/mol. The molecule has 1 aromatic heterocycles. The molecular formula is C44H74N2O. The zero-order chi connectivity index (χ0) is 36.8. The summed E-state index contributed by atoms with van der Waals surface area (Å²) in [6.45, 7) is 38.8. The predicted octanol–water partition coefficient (Wildman–Crippen LogP) is 13.4. The number of phenolic OH excluding ortho intramolecular Hbond substituents is 1. The molecule has 2 N–H and O–H groups in total. The number of nitrogens with zero attached hydrogens (tertiary/aromatic N) is 1. The van der Waals surface area contributed by atoms with E-state index in [0.29, 0.717) is 17.2 Å². The molecule has 2 aromatic carbocycles. The SMILES string of the molecule is C=C(C)C.C=CC.C=CC.CCCC(CC)C(C)Cc1cccc(C)c1O.CCCNC(C)(C)CC.Cc1cc2ccccc2cn1. The summed E-state index contributed by atoms with van der Waals surface area (Å²) in [4.78, 5) is 4.21. The summed E-state index contributed by atoms with van der Waals surface area (Å²) in [5, 5.41) is 16.0. The lowest BCUT2D eigenvalue weighted by Gasteiger charge is -2.23. The van der Waals surface area contributed by atoms with Crippen molar-refractivity contribution in [1.82, 2.24) is 10.3 Å². The van der Waals surface area contributed by atoms with E-state index in [4.69, 9.17) is 0 Å². The van der Waals surface area contributed by atoms with Gasteiger partial charge in [-0.3, -0.25) is 4.98 Å². The molecule has 0 radical (unpaired) electrons. The molecule has 2 atom stereocenters. The average Bonchev–Trinajstić information content (AvgIpc) is 3.02. The smallest absolute Gasteiger partial charge is 0.121 e. The largest absolute Gasteiger partial charge is 0.507 e. The number of hydrogen-bond acceptors (Lipinski definition) is 3. The van der Waals surface area contributed by atoms with Crippen LogP contribution >= 0.6 is 0 Å². The van der Waals surface area contributed by atoms with Crippen molar-refractivity contribution < 1.29 is 5.11 Å². The molecule has 3 nitrogen and oxygen atoms in total. The predicted molar refractivity (Wildman–Crippen MR) is 216 cm³/mol. The highest BCUT2D eigenvalue weighted by atomic mass is 16.3. The Morgan fingerprint density at radius 3 is 1.91 bits per heavy atom. The van der Waals surface area contributed by atoms with Crippen molar-refractivity contribution in [3.63, 3.8) is 0 Å². The first-order chi connectivity index (χ1) is 22.1. The van der Waals surface area contributed by atoms with Crippen LogP contribution in [0.4, 0.5) is 0 Å². The first kappa shape index (κ1) is 48.2. The van der Waals surface area contributed by atoms with Crippen LogP contribution in [0.5, 0.6) is 5.75 Å². The highest BCUT2D eigenvalue weighted by Crippen LogP contribution is 2.29. The molecule has 266 valence electrons. The van der Waals surface area contributed by atoms with Crippen molar-refractivity contribution in [2.45, 2.75) is 134 Å². The molecule has 0 fully saturated rings. The molecule has 2 unspecified atom stereocenters. The Kier molecular flexibility index (Phi) is 31.0. The minimum atomic E-state index is 0.343. The molecule has 47 heavy (non-hydrogen) atoms. The summed E-state index contributed by atoms with van der Waals surface area (Å²) in [5.41, 5.74) is 4.67. The Morgan fingerprint density at radius 2 is 1.45 bits per heavy atom. The monoisotopic (exact) mass is 647 g/mol. The maximum absolute atomic E-state index is 10.0. The number of fused-ring (bicyclic) bond motifs is 1. The van der Waals surface area contributed by atoms with E-state index in [9.17, 15) is 5.11 Å².